The van der Waals surface area contributed by atoms with Crippen molar-refractivity contribution in [2.24, 2.45) is 5.10 Å². The third kappa shape index (κ3) is 3.94. The lowest BCUT2D eigenvalue weighted by atomic mass is 10.1. The summed E-state index contributed by atoms with van der Waals surface area (Å²) in [5.74, 6) is -0.217. The number of rotatable bonds is 4. The molecule has 3 aromatic rings. The molecule has 2 aromatic carbocycles. The molecule has 4 nitrogen and oxygen atoms in total. The zero-order valence-corrected chi connectivity index (χ0v) is 16.5. The molecule has 26 heavy (non-hydrogen) atoms. The van der Waals surface area contributed by atoms with Gasteiger partial charge in [0.05, 0.1) is 6.21 Å². The fourth-order valence-electron chi connectivity index (χ4n) is 2.94. The maximum absolute atomic E-state index is 12.2. The number of carbonyl (C=O) groups is 1. The van der Waals surface area contributed by atoms with E-state index in [1.165, 1.54) is 0 Å². The number of benzene rings is 2. The molecule has 0 atom stereocenters. The molecule has 0 saturated carbocycles. The Morgan fingerprint density at radius 2 is 1.85 bits per heavy atom. The predicted octanol–water partition coefficient (Wildman–Crippen LogP) is 4.93. The van der Waals surface area contributed by atoms with Crippen molar-refractivity contribution in [2.75, 3.05) is 0 Å². The number of nitrogens with zero attached hydrogens (tertiary/aromatic N) is 2. The Labute approximate surface area is 161 Å². The van der Waals surface area contributed by atoms with Gasteiger partial charge >= 0.3 is 0 Å². The van der Waals surface area contributed by atoms with Gasteiger partial charge in [0.2, 0.25) is 0 Å². The lowest BCUT2D eigenvalue weighted by molar-refractivity contribution is 0.0955. The maximum Gasteiger partial charge on any atom is 0.271 e. The number of aromatic nitrogens is 1. The molecule has 1 N–H and O–H groups in total. The van der Waals surface area contributed by atoms with Gasteiger partial charge in [-0.25, -0.2) is 5.43 Å². The van der Waals surface area contributed by atoms with Gasteiger partial charge in [0.1, 0.15) is 0 Å². The zero-order valence-electron chi connectivity index (χ0n) is 15.0. The number of carbonyl (C=O) groups excluding carboxylic acids is 1. The number of hydrogen-bond acceptors (Lipinski definition) is 2. The van der Waals surface area contributed by atoms with Gasteiger partial charge in [-0.1, -0.05) is 39.7 Å². The van der Waals surface area contributed by atoms with Gasteiger partial charge in [-0.3, -0.25) is 4.79 Å². The highest BCUT2D eigenvalue weighted by Crippen LogP contribution is 2.22. The van der Waals surface area contributed by atoms with E-state index in [9.17, 15) is 4.79 Å². The molecule has 132 valence electrons. The van der Waals surface area contributed by atoms with Gasteiger partial charge in [-0.2, -0.15) is 5.10 Å². The van der Waals surface area contributed by atoms with Crippen molar-refractivity contribution in [1.82, 2.24) is 9.99 Å². The van der Waals surface area contributed by atoms with Crippen LogP contribution in [0, 0.1) is 20.8 Å². The van der Waals surface area contributed by atoms with Crippen molar-refractivity contribution in [1.29, 1.82) is 0 Å². The summed E-state index contributed by atoms with van der Waals surface area (Å²) in [5.41, 5.74) is 8.45. The number of halogens is 1. The van der Waals surface area contributed by atoms with Gasteiger partial charge in [0.25, 0.3) is 5.91 Å². The first-order valence-corrected chi connectivity index (χ1v) is 9.10. The molecule has 0 saturated heterocycles. The highest BCUT2D eigenvalue weighted by molar-refractivity contribution is 9.10. The summed E-state index contributed by atoms with van der Waals surface area (Å²) in [7, 11) is 0. The number of amides is 1. The topological polar surface area (TPSA) is 46.4 Å². The second-order valence-electron chi connectivity index (χ2n) is 6.21. The highest BCUT2D eigenvalue weighted by Gasteiger charge is 2.10. The van der Waals surface area contributed by atoms with Crippen molar-refractivity contribution >= 4 is 28.1 Å². The first kappa shape index (κ1) is 18.1. The van der Waals surface area contributed by atoms with Crippen LogP contribution in [0.1, 0.15) is 32.9 Å². The van der Waals surface area contributed by atoms with Crippen molar-refractivity contribution in [2.45, 2.75) is 20.8 Å². The second-order valence-corrected chi connectivity index (χ2v) is 7.13. The van der Waals surface area contributed by atoms with Gasteiger partial charge in [-0.15, -0.1) is 0 Å². The number of hydrogen-bond donors (Lipinski definition) is 1. The third-order valence-electron chi connectivity index (χ3n) is 4.19. The molecule has 1 amide bonds. The smallest absolute Gasteiger partial charge is 0.271 e. The summed E-state index contributed by atoms with van der Waals surface area (Å²) in [6, 6.07) is 17.6. The fourth-order valence-corrected chi connectivity index (χ4v) is 3.33. The summed E-state index contributed by atoms with van der Waals surface area (Å²) >= 11 is 3.51. The Hall–Kier alpha value is -2.66. The summed E-state index contributed by atoms with van der Waals surface area (Å²) in [6.07, 6.45) is 1.69. The molecule has 0 unspecified atom stereocenters. The van der Waals surface area contributed by atoms with Gasteiger partial charge in [0, 0.05) is 32.7 Å². The highest BCUT2D eigenvalue weighted by atomic mass is 79.9. The van der Waals surface area contributed by atoms with Crippen LogP contribution in [0.3, 0.4) is 0 Å². The average molecular weight is 410 g/mol. The SMILES string of the molecule is Cc1cccc(C(=O)N/N=C\c2cc(C)n(-c3cccc(Br)c3)c2C)c1. The first-order valence-electron chi connectivity index (χ1n) is 8.30. The predicted molar refractivity (Wildman–Crippen MR) is 109 cm³/mol. The van der Waals surface area contributed by atoms with Crippen LogP contribution in [0.2, 0.25) is 0 Å². The van der Waals surface area contributed by atoms with Crippen molar-refractivity contribution in [3.05, 3.63) is 87.1 Å². The van der Waals surface area contributed by atoms with Gasteiger partial charge in [0.15, 0.2) is 0 Å². The van der Waals surface area contributed by atoms with E-state index in [1.807, 2.05) is 44.2 Å². The monoisotopic (exact) mass is 409 g/mol. The maximum atomic E-state index is 12.2. The summed E-state index contributed by atoms with van der Waals surface area (Å²) in [6.45, 7) is 6.05. The molecular formula is C21H20BrN3O. The lowest BCUT2D eigenvalue weighted by Crippen LogP contribution is -2.17. The van der Waals surface area contributed by atoms with E-state index in [2.05, 4.69) is 56.1 Å². The van der Waals surface area contributed by atoms with Crippen LogP contribution in [-0.4, -0.2) is 16.7 Å². The summed E-state index contributed by atoms with van der Waals surface area (Å²) < 4.78 is 3.19. The number of aryl methyl sites for hydroxylation is 2. The van der Waals surface area contributed by atoms with Gasteiger partial charge in [-0.05, 0) is 57.2 Å². The lowest BCUT2D eigenvalue weighted by Gasteiger charge is -2.09. The Morgan fingerprint density at radius 1 is 1.08 bits per heavy atom. The van der Waals surface area contributed by atoms with E-state index in [4.69, 9.17) is 0 Å². The van der Waals surface area contributed by atoms with Crippen LogP contribution in [-0.2, 0) is 0 Å². The molecule has 5 heteroatoms. The van der Waals surface area contributed by atoms with Crippen LogP contribution in [0.25, 0.3) is 5.69 Å². The van der Waals surface area contributed by atoms with Crippen LogP contribution in [0.15, 0.2) is 64.2 Å². The van der Waals surface area contributed by atoms with E-state index < -0.39 is 0 Å². The van der Waals surface area contributed by atoms with Crippen LogP contribution >= 0.6 is 15.9 Å². The minimum atomic E-state index is -0.217. The summed E-state index contributed by atoms with van der Waals surface area (Å²) in [4.78, 5) is 12.2. The molecule has 0 bridgehead atoms. The van der Waals surface area contributed by atoms with Crippen LogP contribution in [0.4, 0.5) is 0 Å². The Morgan fingerprint density at radius 3 is 2.58 bits per heavy atom. The summed E-state index contributed by atoms with van der Waals surface area (Å²) in [5, 5.41) is 4.13. The molecule has 0 fully saturated rings. The fraction of sp³-hybridized carbons (Fsp3) is 0.143. The molecule has 0 aliphatic carbocycles. The Balaban J connectivity index is 1.79. The molecule has 1 heterocycles. The minimum absolute atomic E-state index is 0.217. The molecule has 3 rings (SSSR count). The normalized spacial score (nSPS) is 11.1. The van der Waals surface area contributed by atoms with Crippen molar-refractivity contribution in [3.63, 3.8) is 0 Å². The molecule has 1 aromatic heterocycles. The molecule has 0 aliphatic rings. The van der Waals surface area contributed by atoms with Crippen molar-refractivity contribution in [3.8, 4) is 5.69 Å². The Bertz CT molecular complexity index is 989. The molecular weight excluding hydrogens is 390 g/mol. The van der Waals surface area contributed by atoms with Crippen molar-refractivity contribution < 1.29 is 4.79 Å². The minimum Gasteiger partial charge on any atom is -0.318 e. The second kappa shape index (κ2) is 7.70. The third-order valence-corrected chi connectivity index (χ3v) is 4.68. The van der Waals surface area contributed by atoms with Gasteiger partial charge < -0.3 is 4.57 Å². The van der Waals surface area contributed by atoms with E-state index >= 15 is 0 Å². The van der Waals surface area contributed by atoms with E-state index in [0.717, 1.165) is 32.7 Å². The quantitative estimate of drug-likeness (QED) is 0.481. The van der Waals surface area contributed by atoms with Crippen LogP contribution < -0.4 is 5.43 Å². The molecule has 0 radical (unpaired) electrons. The molecule has 0 aliphatic heterocycles. The number of hydrazone groups is 1. The number of nitrogens with one attached hydrogen (secondary N) is 1. The van der Waals surface area contributed by atoms with E-state index in [0.29, 0.717) is 5.56 Å². The van der Waals surface area contributed by atoms with E-state index in [1.54, 1.807) is 12.3 Å². The first-order chi connectivity index (χ1) is 12.5. The zero-order chi connectivity index (χ0) is 18.7. The largest absolute Gasteiger partial charge is 0.318 e. The molecule has 0 spiro atoms. The van der Waals surface area contributed by atoms with E-state index in [-0.39, 0.29) is 5.91 Å². The average Bonchev–Trinajstić information content (AvgIpc) is 2.88. The Kier molecular flexibility index (Phi) is 5.38. The van der Waals surface area contributed by atoms with Crippen LogP contribution in [0.5, 0.6) is 0 Å². The standard InChI is InChI=1S/C21H20BrN3O/c1-14-6-4-7-17(10-14)21(26)24-23-13-18-11-15(2)25(16(18)3)20-9-5-8-19(22)12-20/h4-13H,1-3H3,(H,24,26)/b23-13-.